The molecule has 1 aromatic carbocycles. The highest BCUT2D eigenvalue weighted by Crippen LogP contribution is 2.32. The maximum atomic E-state index is 11.2. The molecule has 4 nitrogen and oxygen atoms in total. The molecule has 1 aromatic rings. The lowest BCUT2D eigenvalue weighted by Gasteiger charge is -2.21. The lowest BCUT2D eigenvalue weighted by atomic mass is 10.1. The van der Waals surface area contributed by atoms with E-state index in [4.69, 9.17) is 16.3 Å². The van der Waals surface area contributed by atoms with Crippen LogP contribution in [0.5, 0.6) is 5.75 Å². The molecule has 0 saturated carbocycles. The van der Waals surface area contributed by atoms with E-state index < -0.39 is 0 Å². The maximum absolute atomic E-state index is 11.2. The first-order chi connectivity index (χ1) is 8.06. The fraction of sp³-hybridized carbons (Fsp3) is 0.417. The van der Waals surface area contributed by atoms with Gasteiger partial charge in [0, 0.05) is 6.54 Å². The Morgan fingerprint density at radius 3 is 3.00 bits per heavy atom. The molecule has 5 heteroatoms. The summed E-state index contributed by atoms with van der Waals surface area (Å²) in [6, 6.07) is 5.64. The first-order valence-electron chi connectivity index (χ1n) is 5.41. The Morgan fingerprint density at radius 2 is 2.29 bits per heavy atom. The molecule has 0 radical (unpaired) electrons. The van der Waals surface area contributed by atoms with Crippen LogP contribution in [0.15, 0.2) is 18.2 Å². The molecule has 1 aliphatic rings. The van der Waals surface area contributed by atoms with Crippen molar-refractivity contribution in [1.82, 2.24) is 4.90 Å². The first kappa shape index (κ1) is 12.2. The summed E-state index contributed by atoms with van der Waals surface area (Å²) in [5, 5.41) is 2.67. The Kier molecular flexibility index (Phi) is 3.54. The number of benzene rings is 1. The van der Waals surface area contributed by atoms with Crippen LogP contribution in [-0.4, -0.2) is 38.1 Å². The van der Waals surface area contributed by atoms with Crippen LogP contribution in [0, 0.1) is 0 Å². The number of hydrogen-bond donors (Lipinski definition) is 1. The molecule has 1 amide bonds. The second-order valence-corrected chi connectivity index (χ2v) is 4.85. The summed E-state index contributed by atoms with van der Waals surface area (Å²) >= 11 is 6.28. The van der Waals surface area contributed by atoms with Crippen LogP contribution < -0.4 is 10.1 Å². The van der Waals surface area contributed by atoms with Crippen LogP contribution in [0.4, 0.5) is 5.69 Å². The number of carbonyl (C=O) groups is 1. The molecule has 0 saturated heterocycles. The predicted octanol–water partition coefficient (Wildman–Crippen LogP) is 1.86. The molecule has 1 atom stereocenters. The van der Waals surface area contributed by atoms with Gasteiger partial charge in [-0.05, 0) is 31.8 Å². The minimum Gasteiger partial charge on any atom is -0.482 e. The van der Waals surface area contributed by atoms with Gasteiger partial charge in [0.1, 0.15) is 5.75 Å². The van der Waals surface area contributed by atoms with Gasteiger partial charge < -0.3 is 15.0 Å². The number of rotatable bonds is 3. The minimum absolute atomic E-state index is 0.0777. The highest BCUT2D eigenvalue weighted by molar-refractivity contribution is 6.21. The van der Waals surface area contributed by atoms with E-state index in [0.29, 0.717) is 11.4 Å². The molecule has 0 fully saturated rings. The lowest BCUT2D eigenvalue weighted by Crippen LogP contribution is -2.25. The number of amides is 1. The zero-order valence-corrected chi connectivity index (χ0v) is 10.6. The van der Waals surface area contributed by atoms with Gasteiger partial charge in [0.2, 0.25) is 0 Å². The summed E-state index contributed by atoms with van der Waals surface area (Å²) in [6.07, 6.45) is 0. The smallest absolute Gasteiger partial charge is 0.262 e. The van der Waals surface area contributed by atoms with E-state index in [0.717, 1.165) is 12.1 Å². The van der Waals surface area contributed by atoms with E-state index in [1.54, 1.807) is 0 Å². The first-order valence-corrected chi connectivity index (χ1v) is 5.85. The molecule has 17 heavy (non-hydrogen) atoms. The summed E-state index contributed by atoms with van der Waals surface area (Å²) in [4.78, 5) is 13.2. The number of alkyl halides is 1. The van der Waals surface area contributed by atoms with Crippen molar-refractivity contribution in [2.75, 3.05) is 32.6 Å². The van der Waals surface area contributed by atoms with E-state index >= 15 is 0 Å². The zero-order chi connectivity index (χ0) is 12.4. The van der Waals surface area contributed by atoms with E-state index in [-0.39, 0.29) is 17.9 Å². The zero-order valence-electron chi connectivity index (χ0n) is 9.87. The number of hydrogen-bond acceptors (Lipinski definition) is 3. The Labute approximate surface area is 106 Å². The highest BCUT2D eigenvalue weighted by atomic mass is 35.5. The Balaban J connectivity index is 2.20. The summed E-state index contributed by atoms with van der Waals surface area (Å²) in [5.74, 6) is 0.565. The Bertz CT molecular complexity index is 435. The van der Waals surface area contributed by atoms with Crippen molar-refractivity contribution in [3.63, 3.8) is 0 Å². The van der Waals surface area contributed by atoms with Crippen molar-refractivity contribution in [1.29, 1.82) is 0 Å². The van der Waals surface area contributed by atoms with Crippen molar-refractivity contribution >= 4 is 23.2 Å². The van der Waals surface area contributed by atoms with Crippen molar-refractivity contribution in [2.24, 2.45) is 0 Å². The van der Waals surface area contributed by atoms with Gasteiger partial charge >= 0.3 is 0 Å². The SMILES string of the molecule is CN(C)CC(Cl)c1ccc2c(c1)NC(=O)CO2. The van der Waals surface area contributed by atoms with Gasteiger partial charge in [0.15, 0.2) is 6.61 Å². The van der Waals surface area contributed by atoms with Crippen molar-refractivity contribution in [2.45, 2.75) is 5.38 Å². The largest absolute Gasteiger partial charge is 0.482 e. The number of nitrogens with one attached hydrogen (secondary N) is 1. The van der Waals surface area contributed by atoms with Gasteiger partial charge in [0.25, 0.3) is 5.91 Å². The van der Waals surface area contributed by atoms with Crippen LogP contribution in [0.1, 0.15) is 10.9 Å². The second kappa shape index (κ2) is 4.94. The van der Waals surface area contributed by atoms with Crippen LogP contribution in [0.3, 0.4) is 0 Å². The number of likely N-dealkylation sites (N-methyl/N-ethyl adjacent to an activating group) is 1. The molecular weight excluding hydrogens is 240 g/mol. The molecule has 1 heterocycles. The molecule has 1 unspecified atom stereocenters. The summed E-state index contributed by atoms with van der Waals surface area (Å²) < 4.78 is 5.29. The normalized spacial score (nSPS) is 16.1. The summed E-state index contributed by atoms with van der Waals surface area (Å²) in [7, 11) is 3.94. The third-order valence-electron chi connectivity index (χ3n) is 2.52. The van der Waals surface area contributed by atoms with Crippen LogP contribution in [-0.2, 0) is 4.79 Å². The van der Waals surface area contributed by atoms with Crippen LogP contribution in [0.25, 0.3) is 0 Å². The van der Waals surface area contributed by atoms with E-state index in [1.165, 1.54) is 0 Å². The molecular formula is C12H15ClN2O2. The van der Waals surface area contributed by atoms with Gasteiger partial charge in [-0.15, -0.1) is 11.6 Å². The third-order valence-corrected chi connectivity index (χ3v) is 2.91. The summed E-state index contributed by atoms with van der Waals surface area (Å²) in [6.45, 7) is 0.823. The average molecular weight is 255 g/mol. The predicted molar refractivity (Wildman–Crippen MR) is 67.7 cm³/mol. The number of ether oxygens (including phenoxy) is 1. The molecule has 0 spiro atoms. The highest BCUT2D eigenvalue weighted by Gasteiger charge is 2.18. The molecule has 0 aliphatic carbocycles. The van der Waals surface area contributed by atoms with Gasteiger partial charge in [-0.1, -0.05) is 6.07 Å². The van der Waals surface area contributed by atoms with Crippen LogP contribution >= 0.6 is 11.6 Å². The molecule has 0 bridgehead atoms. The van der Waals surface area contributed by atoms with Gasteiger partial charge in [0.05, 0.1) is 11.1 Å². The van der Waals surface area contributed by atoms with E-state index in [1.807, 2.05) is 37.2 Å². The van der Waals surface area contributed by atoms with Crippen LogP contribution in [0.2, 0.25) is 0 Å². The van der Waals surface area contributed by atoms with E-state index in [9.17, 15) is 4.79 Å². The second-order valence-electron chi connectivity index (χ2n) is 4.32. The Hall–Kier alpha value is -1.26. The minimum atomic E-state index is -0.131. The Morgan fingerprint density at radius 1 is 1.53 bits per heavy atom. The number of carbonyl (C=O) groups excluding carboxylic acids is 1. The quantitative estimate of drug-likeness (QED) is 0.838. The fourth-order valence-electron chi connectivity index (χ4n) is 1.72. The van der Waals surface area contributed by atoms with Gasteiger partial charge in [-0.2, -0.15) is 0 Å². The van der Waals surface area contributed by atoms with Crippen molar-refractivity contribution in [3.05, 3.63) is 23.8 Å². The lowest BCUT2D eigenvalue weighted by molar-refractivity contribution is -0.118. The number of nitrogens with zero attached hydrogens (tertiary/aromatic N) is 1. The molecule has 1 N–H and O–H groups in total. The topological polar surface area (TPSA) is 41.6 Å². The maximum Gasteiger partial charge on any atom is 0.262 e. The number of anilines is 1. The molecule has 0 aromatic heterocycles. The fourth-order valence-corrected chi connectivity index (χ4v) is 2.13. The number of fused-ring (bicyclic) bond motifs is 1. The average Bonchev–Trinajstić information content (AvgIpc) is 2.27. The monoisotopic (exact) mass is 254 g/mol. The number of halogens is 1. The third kappa shape index (κ3) is 2.90. The van der Waals surface area contributed by atoms with Gasteiger partial charge in [-0.25, -0.2) is 0 Å². The van der Waals surface area contributed by atoms with Crippen molar-refractivity contribution in [3.8, 4) is 5.75 Å². The van der Waals surface area contributed by atoms with Crippen molar-refractivity contribution < 1.29 is 9.53 Å². The van der Waals surface area contributed by atoms with Gasteiger partial charge in [-0.3, -0.25) is 4.79 Å². The molecule has 1 aliphatic heterocycles. The van der Waals surface area contributed by atoms with E-state index in [2.05, 4.69) is 5.32 Å². The molecule has 92 valence electrons. The standard InChI is InChI=1S/C12H15ClN2O2/c1-15(2)6-9(13)8-3-4-11-10(5-8)14-12(16)7-17-11/h3-5,9H,6-7H2,1-2H3,(H,14,16). The molecule has 2 rings (SSSR count). The summed E-state index contributed by atoms with van der Waals surface area (Å²) in [5.41, 5.74) is 1.67.